The van der Waals surface area contributed by atoms with Gasteiger partial charge in [-0.3, -0.25) is 18.6 Å². The lowest BCUT2D eigenvalue weighted by atomic mass is 10.0. The minimum absolute atomic E-state index is 0.0418. The van der Waals surface area contributed by atoms with Gasteiger partial charge in [0.05, 0.1) is 33.8 Å². The van der Waals surface area contributed by atoms with Crippen LogP contribution >= 0.6 is 7.82 Å². The Kier molecular flexibility index (Phi) is 62.4. The number of hydrogen-bond acceptors (Lipinski definition) is 6. The van der Waals surface area contributed by atoms with Gasteiger partial charge in [0.1, 0.15) is 19.3 Å². The summed E-state index contributed by atoms with van der Waals surface area (Å²) in [7, 11) is 1.51. The van der Waals surface area contributed by atoms with Crippen molar-refractivity contribution in [1.29, 1.82) is 0 Å². The molecule has 494 valence electrons. The van der Waals surface area contributed by atoms with E-state index < -0.39 is 20.0 Å². The van der Waals surface area contributed by atoms with E-state index >= 15 is 0 Å². The first-order valence-corrected chi connectivity index (χ1v) is 38.0. The molecule has 0 radical (unpaired) electrons. The Hall–Kier alpha value is -2.03. The molecule has 0 saturated heterocycles. The fourth-order valence-electron chi connectivity index (χ4n) is 10.9. The Morgan fingerprint density at radius 3 is 1.11 bits per heavy atom. The molecule has 0 aliphatic carbocycles. The van der Waals surface area contributed by atoms with Crippen LogP contribution in [0.25, 0.3) is 0 Å². The number of likely N-dealkylation sites (N-methyl/N-ethyl adjacent to an activating group) is 1. The molecular formula is C74H142N2O7P+. The molecule has 0 aliphatic rings. The molecule has 9 nitrogen and oxygen atoms in total. The van der Waals surface area contributed by atoms with Crippen molar-refractivity contribution in [3.05, 3.63) is 48.6 Å². The van der Waals surface area contributed by atoms with E-state index in [0.717, 1.165) is 64.2 Å². The number of carbonyl (C=O) groups excluding carboxylic acids is 2. The van der Waals surface area contributed by atoms with Crippen LogP contribution in [0.2, 0.25) is 0 Å². The Labute approximate surface area is 522 Å². The maximum absolute atomic E-state index is 13.6. The molecule has 3 atom stereocenters. The van der Waals surface area contributed by atoms with Gasteiger partial charge in [0.15, 0.2) is 0 Å². The highest BCUT2D eigenvalue weighted by atomic mass is 31.2. The molecule has 0 aromatic rings. The predicted molar refractivity (Wildman–Crippen MR) is 365 cm³/mol. The van der Waals surface area contributed by atoms with Crippen LogP contribution in [0.5, 0.6) is 0 Å². The number of nitrogens with zero attached hydrogens (tertiary/aromatic N) is 1. The maximum atomic E-state index is 13.6. The lowest BCUT2D eigenvalue weighted by molar-refractivity contribution is -0.870. The number of hydrogen-bond donors (Lipinski definition) is 2. The average Bonchev–Trinajstić information content (AvgIpc) is 3.65. The largest absolute Gasteiger partial charge is 0.472 e. The number of phosphoric ester groups is 1. The van der Waals surface area contributed by atoms with Crippen molar-refractivity contribution in [2.24, 2.45) is 0 Å². The SMILES string of the molecule is CCCCC/C=C\C/C=C\CCCCCCCCCCCCCCCC(=O)OC(/C=C/CCCCCCCCCCCC)C(COP(=O)(O)OCC[N+](C)(C)C)NC(=O)CCCCCCCCCCCCCCC/C=C/CCCCCCCC. The predicted octanol–water partition coefficient (Wildman–Crippen LogP) is 23.2. The number of quaternary nitrogens is 1. The average molecular weight is 1200 g/mol. The fourth-order valence-corrected chi connectivity index (χ4v) is 11.6. The van der Waals surface area contributed by atoms with Crippen LogP contribution in [-0.4, -0.2) is 74.3 Å². The third-order valence-corrected chi connectivity index (χ3v) is 17.5. The molecule has 10 heteroatoms. The number of allylic oxidation sites excluding steroid dienone is 7. The van der Waals surface area contributed by atoms with Gasteiger partial charge in [-0.2, -0.15) is 0 Å². The van der Waals surface area contributed by atoms with Crippen molar-refractivity contribution in [3.8, 4) is 0 Å². The van der Waals surface area contributed by atoms with Gasteiger partial charge < -0.3 is 19.4 Å². The number of rotatable bonds is 67. The number of carbonyl (C=O) groups is 2. The van der Waals surface area contributed by atoms with Crippen molar-refractivity contribution in [2.45, 2.75) is 373 Å². The van der Waals surface area contributed by atoms with Crippen molar-refractivity contribution < 1.29 is 37.3 Å². The molecule has 0 heterocycles. The highest BCUT2D eigenvalue weighted by molar-refractivity contribution is 7.47. The summed E-state index contributed by atoms with van der Waals surface area (Å²) in [5.41, 5.74) is 0. The number of ether oxygens (including phenoxy) is 1. The summed E-state index contributed by atoms with van der Waals surface area (Å²) in [6.45, 7) is 7.04. The maximum Gasteiger partial charge on any atom is 0.472 e. The van der Waals surface area contributed by atoms with E-state index in [1.165, 1.54) is 263 Å². The summed E-state index contributed by atoms with van der Waals surface area (Å²) in [6, 6.07) is -0.848. The van der Waals surface area contributed by atoms with Gasteiger partial charge in [0.25, 0.3) is 0 Å². The van der Waals surface area contributed by atoms with Crippen molar-refractivity contribution in [1.82, 2.24) is 5.32 Å². The molecule has 0 rings (SSSR count). The molecule has 2 N–H and O–H groups in total. The van der Waals surface area contributed by atoms with Crippen LogP contribution in [0.3, 0.4) is 0 Å². The van der Waals surface area contributed by atoms with E-state index in [1.54, 1.807) is 0 Å². The molecule has 0 saturated carbocycles. The summed E-state index contributed by atoms with van der Waals surface area (Å²) in [5.74, 6) is -0.489. The van der Waals surface area contributed by atoms with Gasteiger partial charge in [-0.25, -0.2) is 4.57 Å². The number of nitrogens with one attached hydrogen (secondary N) is 1. The molecule has 0 aromatic heterocycles. The Morgan fingerprint density at radius 2 is 0.726 bits per heavy atom. The lowest BCUT2D eigenvalue weighted by Gasteiger charge is -2.27. The van der Waals surface area contributed by atoms with Gasteiger partial charge >= 0.3 is 13.8 Å². The highest BCUT2D eigenvalue weighted by Crippen LogP contribution is 2.43. The molecule has 84 heavy (non-hydrogen) atoms. The first-order valence-electron chi connectivity index (χ1n) is 36.5. The van der Waals surface area contributed by atoms with Crippen LogP contribution in [0.15, 0.2) is 48.6 Å². The molecule has 1 amide bonds. The summed E-state index contributed by atoms with van der Waals surface area (Å²) in [5, 5.41) is 3.08. The van der Waals surface area contributed by atoms with Crippen LogP contribution in [0.4, 0.5) is 0 Å². The first kappa shape index (κ1) is 82.0. The zero-order valence-electron chi connectivity index (χ0n) is 56.7. The summed E-state index contributed by atoms with van der Waals surface area (Å²) in [6.07, 6.45) is 81.2. The molecule has 0 fully saturated rings. The van der Waals surface area contributed by atoms with Crippen LogP contribution in [0, 0.1) is 0 Å². The second-order valence-electron chi connectivity index (χ2n) is 26.1. The van der Waals surface area contributed by atoms with E-state index in [0.29, 0.717) is 23.9 Å². The highest BCUT2D eigenvalue weighted by Gasteiger charge is 2.30. The number of esters is 1. The van der Waals surface area contributed by atoms with Gasteiger partial charge in [-0.05, 0) is 89.5 Å². The quantitative estimate of drug-likeness (QED) is 0.0205. The van der Waals surface area contributed by atoms with Crippen LogP contribution in [0.1, 0.15) is 361 Å². The number of unbranched alkanes of at least 4 members (excludes halogenated alkanes) is 45. The van der Waals surface area contributed by atoms with Gasteiger partial charge in [-0.1, -0.05) is 307 Å². The lowest BCUT2D eigenvalue weighted by Crippen LogP contribution is -2.47. The van der Waals surface area contributed by atoms with Crippen molar-refractivity contribution in [2.75, 3.05) is 40.9 Å². The smallest absolute Gasteiger partial charge is 0.456 e. The Bertz CT molecular complexity index is 1570. The zero-order valence-corrected chi connectivity index (χ0v) is 57.6. The molecular weight excluding hydrogens is 1060 g/mol. The monoisotopic (exact) mass is 1200 g/mol. The van der Waals surface area contributed by atoms with Crippen LogP contribution < -0.4 is 5.32 Å². The molecule has 0 spiro atoms. The normalized spacial score (nSPS) is 13.8. The summed E-state index contributed by atoms with van der Waals surface area (Å²) in [4.78, 5) is 37.9. The first-order chi connectivity index (χ1) is 40.9. The van der Waals surface area contributed by atoms with Crippen molar-refractivity contribution in [3.63, 3.8) is 0 Å². The van der Waals surface area contributed by atoms with E-state index in [1.807, 2.05) is 33.3 Å². The number of amides is 1. The zero-order chi connectivity index (χ0) is 61.4. The third-order valence-electron chi connectivity index (χ3n) is 16.5. The van der Waals surface area contributed by atoms with E-state index in [9.17, 15) is 19.0 Å². The Balaban J connectivity index is 5.02. The molecule has 3 unspecified atom stereocenters. The molecule has 0 aliphatic heterocycles. The van der Waals surface area contributed by atoms with Gasteiger partial charge in [-0.15, -0.1) is 0 Å². The summed E-state index contributed by atoms with van der Waals surface area (Å²) < 4.78 is 30.9. The van der Waals surface area contributed by atoms with E-state index in [2.05, 4.69) is 62.5 Å². The van der Waals surface area contributed by atoms with Gasteiger partial charge in [0.2, 0.25) is 5.91 Å². The topological polar surface area (TPSA) is 111 Å². The molecule has 0 aromatic carbocycles. The van der Waals surface area contributed by atoms with E-state index in [4.69, 9.17) is 13.8 Å². The Morgan fingerprint density at radius 1 is 0.417 bits per heavy atom. The third kappa shape index (κ3) is 64.4. The van der Waals surface area contributed by atoms with Crippen LogP contribution in [-0.2, 0) is 27.9 Å². The van der Waals surface area contributed by atoms with E-state index in [-0.39, 0.29) is 25.1 Å². The molecule has 0 bridgehead atoms. The minimum atomic E-state index is -4.45. The summed E-state index contributed by atoms with van der Waals surface area (Å²) >= 11 is 0. The minimum Gasteiger partial charge on any atom is -0.456 e. The number of phosphoric acid groups is 1. The second-order valence-corrected chi connectivity index (χ2v) is 27.6. The standard InChI is InChI=1S/C74H141N2O7P/c1-7-10-13-16-19-22-25-28-30-32-34-36-38-40-42-44-46-48-51-54-57-60-63-66-73(77)75-71(70-82-84(79,80)81-69-68-76(4,5)6)72(65-62-59-56-53-50-27-24-21-18-15-12-9-3)83-74(78)67-64-61-58-55-52-49-47-45-43-41-39-37-35-33-31-29-26-23-20-17-14-11-8-2/h20,23,28-31,62,65,71-72H,7-19,21-22,24-27,32-61,63-64,66-70H2,1-6H3,(H-,75,77,79,80)/p+1/b23-20-,30-28+,31-29-,65-62+. The van der Waals surface area contributed by atoms with Gasteiger partial charge in [0, 0.05) is 12.8 Å². The van der Waals surface area contributed by atoms with Crippen molar-refractivity contribution >= 4 is 19.7 Å². The second kappa shape index (κ2) is 64.0. The fraction of sp³-hybridized carbons (Fsp3) is 0.865.